The molecule has 16 rings (SSSR count). The Labute approximate surface area is 862 Å². The van der Waals surface area contributed by atoms with Crippen molar-refractivity contribution >= 4 is 180 Å². The molecule has 0 saturated carbocycles. The Hall–Kier alpha value is -10.7. The summed E-state index contributed by atoms with van der Waals surface area (Å²) in [6, 6.07) is 14.0. The molecule has 4 fully saturated rings. The van der Waals surface area contributed by atoms with Crippen molar-refractivity contribution in [1.82, 2.24) is 60.8 Å². The highest BCUT2D eigenvalue weighted by Crippen LogP contribution is 2.43. The summed E-state index contributed by atoms with van der Waals surface area (Å²) < 4.78 is 101. The SMILES string of the molecule is CCOC(=O)C1=C(CN2CCO[C@@H](CCC(=O)O)C2)NC(c2nccs2)=N[C@H]1c1ccc(F)cc1Br.CCOC(=O)C1=C(CN2CCO[C@H](CCC(=O)O)C2)NC(c2nccs2)=N[C@H]1c1ccc(F)cc1Br.COC(=O)C1=C(CN2CCO[C@@H](CCC(=O)O)C2)NC(c2nccs2)=N[C@H]1c1ccc(F)cc1Br.COC(=O)C1=C(CN2CCO[C@H](CCC(=O)O)C2)NC(c2nccs2)=N[C@H]1c1ccc(F)cc1Br. The fraction of sp³-hybridized carbons (Fsp3) is 0.404. The summed E-state index contributed by atoms with van der Waals surface area (Å²) in [5.41, 5.74) is 6.15. The van der Waals surface area contributed by atoms with E-state index < -0.39 is 95.2 Å². The monoisotopic (exact) mass is 2290 g/mol. The van der Waals surface area contributed by atoms with Gasteiger partial charge >= 0.3 is 47.8 Å². The Balaban J connectivity index is 0.000000159. The van der Waals surface area contributed by atoms with Crippen LogP contribution in [0.15, 0.2) is 202 Å². The molecule has 0 bridgehead atoms. The number of thiazole rings is 4. The van der Waals surface area contributed by atoms with E-state index in [2.05, 4.69) is 125 Å². The van der Waals surface area contributed by atoms with Crippen LogP contribution in [-0.2, 0) is 76.3 Å². The zero-order chi connectivity index (χ0) is 101. The summed E-state index contributed by atoms with van der Waals surface area (Å²) in [6.45, 7) is 11.6. The predicted octanol–water partition coefficient (Wildman–Crippen LogP) is 13.3. The smallest absolute Gasteiger partial charge is 0.338 e. The number of carboxylic acids is 4. The van der Waals surface area contributed by atoms with Gasteiger partial charge in [0.1, 0.15) is 47.4 Å². The van der Waals surface area contributed by atoms with Gasteiger partial charge < -0.3 is 79.6 Å². The Morgan fingerprint density at radius 1 is 0.373 bits per heavy atom. The molecule has 142 heavy (non-hydrogen) atoms. The van der Waals surface area contributed by atoms with Gasteiger partial charge in [-0.15, -0.1) is 45.3 Å². The quantitative estimate of drug-likeness (QED) is 0.0105. The van der Waals surface area contributed by atoms with E-state index in [1.807, 2.05) is 21.5 Å². The lowest BCUT2D eigenvalue weighted by molar-refractivity contribution is -0.140. The van der Waals surface area contributed by atoms with Crippen molar-refractivity contribution in [2.24, 2.45) is 20.0 Å². The number of ether oxygens (including phenoxy) is 8. The lowest BCUT2D eigenvalue weighted by Gasteiger charge is -2.35. The molecule has 0 amide bonds. The zero-order valence-electron chi connectivity index (χ0n) is 76.9. The van der Waals surface area contributed by atoms with Gasteiger partial charge in [0, 0.05) is 191 Å². The third-order valence-electron chi connectivity index (χ3n) is 23.0. The van der Waals surface area contributed by atoms with Crippen LogP contribution in [-0.4, -0.2) is 288 Å². The molecular formula is C94H100Br4F4N16O20S4. The molecule has 8 aliphatic rings. The zero-order valence-corrected chi connectivity index (χ0v) is 86.5. The number of halogens is 8. The van der Waals surface area contributed by atoms with Crippen molar-refractivity contribution < 1.29 is 114 Å². The molecule has 8 aromatic rings. The number of aromatic nitrogens is 4. The maximum atomic E-state index is 13.9. The maximum Gasteiger partial charge on any atom is 0.338 e. The molecule has 756 valence electrons. The van der Waals surface area contributed by atoms with Crippen LogP contribution in [0, 0.1) is 23.3 Å². The number of amidine groups is 4. The van der Waals surface area contributed by atoms with Crippen LogP contribution in [0.4, 0.5) is 17.6 Å². The molecule has 36 nitrogen and oxygen atoms in total. The molecule has 4 aromatic heterocycles. The van der Waals surface area contributed by atoms with Crippen molar-refractivity contribution in [2.75, 3.05) is 132 Å². The molecule has 0 radical (unpaired) electrons. The minimum Gasteiger partial charge on any atom is -0.481 e. The number of morpholine rings is 4. The summed E-state index contributed by atoms with van der Waals surface area (Å²) in [5, 5.41) is 59.2. The van der Waals surface area contributed by atoms with E-state index in [1.165, 1.54) is 108 Å². The lowest BCUT2D eigenvalue weighted by atomic mass is 9.95. The number of carboxylic acid groups (broad SMARTS) is 4. The molecule has 0 spiro atoms. The number of benzene rings is 4. The van der Waals surface area contributed by atoms with Crippen LogP contribution in [0.2, 0.25) is 0 Å². The van der Waals surface area contributed by atoms with Gasteiger partial charge in [-0.05, 0) is 110 Å². The maximum absolute atomic E-state index is 13.9. The van der Waals surface area contributed by atoms with Crippen molar-refractivity contribution in [2.45, 2.75) is 114 Å². The fourth-order valence-corrected chi connectivity index (χ4v) is 21.1. The Morgan fingerprint density at radius 3 is 0.789 bits per heavy atom. The molecule has 8 aliphatic heterocycles. The first-order valence-electron chi connectivity index (χ1n) is 44.9. The van der Waals surface area contributed by atoms with Gasteiger partial charge in [0.25, 0.3) is 0 Å². The molecule has 4 saturated heterocycles. The van der Waals surface area contributed by atoms with E-state index in [4.69, 9.17) is 78.3 Å². The Morgan fingerprint density at radius 2 is 0.599 bits per heavy atom. The topological polar surface area (TPSA) is 453 Å². The molecule has 8 N–H and O–H groups in total. The van der Waals surface area contributed by atoms with Crippen molar-refractivity contribution in [3.05, 3.63) is 248 Å². The van der Waals surface area contributed by atoms with Crippen molar-refractivity contribution in [1.29, 1.82) is 0 Å². The van der Waals surface area contributed by atoms with Crippen LogP contribution in [0.5, 0.6) is 0 Å². The van der Waals surface area contributed by atoms with E-state index in [9.17, 15) is 55.9 Å². The third-order valence-corrected chi connectivity index (χ3v) is 28.9. The molecule has 12 heterocycles. The van der Waals surface area contributed by atoms with Crippen LogP contribution in [0.3, 0.4) is 0 Å². The van der Waals surface area contributed by atoms with Gasteiger partial charge in [-0.2, -0.15) is 0 Å². The molecular weight excluding hydrogens is 2200 g/mol. The van der Waals surface area contributed by atoms with Gasteiger partial charge in [0.15, 0.2) is 43.4 Å². The lowest BCUT2D eigenvalue weighted by Crippen LogP contribution is -2.46. The molecule has 48 heteroatoms. The summed E-state index contributed by atoms with van der Waals surface area (Å²) in [7, 11) is 2.61. The van der Waals surface area contributed by atoms with Gasteiger partial charge in [-0.3, -0.25) is 58.7 Å². The van der Waals surface area contributed by atoms with Crippen molar-refractivity contribution in [3.8, 4) is 0 Å². The normalized spacial score (nSPS) is 20.7. The van der Waals surface area contributed by atoms with Crippen LogP contribution >= 0.6 is 109 Å². The number of rotatable bonds is 34. The minimum absolute atomic E-state index is 0.0222. The van der Waals surface area contributed by atoms with Gasteiger partial charge in [0.2, 0.25) is 0 Å². The first kappa shape index (κ1) is 109. The van der Waals surface area contributed by atoms with Gasteiger partial charge in [-0.25, -0.2) is 56.7 Å². The minimum atomic E-state index is -0.868. The van der Waals surface area contributed by atoms with Crippen LogP contribution < -0.4 is 21.3 Å². The van der Waals surface area contributed by atoms with E-state index in [-0.39, 0.29) is 63.3 Å². The highest BCUT2D eigenvalue weighted by Gasteiger charge is 2.42. The fourth-order valence-electron chi connectivity index (χ4n) is 16.5. The van der Waals surface area contributed by atoms with E-state index in [1.54, 1.807) is 62.9 Å². The summed E-state index contributed by atoms with van der Waals surface area (Å²) >= 11 is 19.3. The average molecular weight is 2300 g/mol. The number of methoxy groups -OCH3 is 2. The summed E-state index contributed by atoms with van der Waals surface area (Å²) in [6.07, 6.45) is 7.49. The standard InChI is InChI=1S/2C24H26BrFN4O5S.2C23H24BrFN4O5S/c2*1-2-34-24(33)20-18(13-30-8-9-35-15(12-30)4-6-19(31)32)28-22(23-27-7-10-36-23)29-21(20)16-5-3-14(26)11-17(16)25;2*1-33-23(32)19-17(12-29-7-8-34-14(11-29)3-5-18(30)31)27-21(22-26-6-9-35-22)28-20(19)15-4-2-13(25)10-16(15)24/h2*3,5,7,10-11,15,21H,2,4,6,8-9,12-13H2,1H3,(H,28,29)(H,31,32);2*2,4,6,9-10,14,20H,3,5,7-8,11-12H2,1H3,(H,27,28)(H,30,31)/t15-,21+;15-,21-;14-,20+;14-,20-/m1010/s1. The third kappa shape index (κ3) is 29.8. The number of nitrogens with zero attached hydrogens (tertiary/aromatic N) is 12. The Bertz CT molecular complexity index is 5740. The molecule has 0 aliphatic carbocycles. The Kier molecular flexibility index (Phi) is 40.3. The second-order valence-corrected chi connectivity index (χ2v) is 39.7. The number of hydrogen-bond donors (Lipinski definition) is 8. The highest BCUT2D eigenvalue weighted by atomic mass is 79.9. The van der Waals surface area contributed by atoms with Gasteiger partial charge in [0.05, 0.1) is 101 Å². The van der Waals surface area contributed by atoms with E-state index in [0.717, 1.165) is 0 Å². The summed E-state index contributed by atoms with van der Waals surface area (Å²) in [5.74, 6) is -5.24. The number of carbonyl (C=O) groups is 8. The number of aliphatic imine (C=N–C) groups is 4. The van der Waals surface area contributed by atoms with E-state index >= 15 is 0 Å². The molecule has 8 atom stereocenters. The number of nitrogens with one attached hydrogen (secondary N) is 4. The highest BCUT2D eigenvalue weighted by molar-refractivity contribution is 9.11. The average Bonchev–Trinajstić information content (AvgIpc) is 1.78. The molecule has 4 aromatic carbocycles. The number of esters is 4. The first-order chi connectivity index (χ1) is 68.4. The number of aliphatic carboxylic acids is 4. The number of carbonyl (C=O) groups excluding carboxylic acids is 4. The van der Waals surface area contributed by atoms with E-state index in [0.29, 0.717) is 259 Å². The number of hydrogen-bond acceptors (Lipinski definition) is 36. The van der Waals surface area contributed by atoms with Gasteiger partial charge in [-0.1, -0.05) is 88.0 Å². The molecule has 0 unspecified atom stereocenters. The second-order valence-electron chi connectivity index (χ2n) is 32.7. The second kappa shape index (κ2) is 52.7. The van der Waals surface area contributed by atoms with Crippen molar-refractivity contribution in [3.63, 3.8) is 0 Å². The largest absolute Gasteiger partial charge is 0.481 e. The van der Waals surface area contributed by atoms with Crippen LogP contribution in [0.25, 0.3) is 0 Å². The van der Waals surface area contributed by atoms with Crippen LogP contribution in [0.1, 0.15) is 132 Å². The first-order valence-corrected chi connectivity index (χ1v) is 51.5. The summed E-state index contributed by atoms with van der Waals surface area (Å²) in [4.78, 5) is 142. The predicted molar refractivity (Wildman–Crippen MR) is 532 cm³/mol.